The lowest BCUT2D eigenvalue weighted by molar-refractivity contribution is -0.0643. The average Bonchev–Trinajstić information content (AvgIpc) is 3.17. The van der Waals surface area contributed by atoms with Crippen LogP contribution < -0.4 is 18.9 Å². The van der Waals surface area contributed by atoms with Crippen molar-refractivity contribution in [1.82, 2.24) is 0 Å². The van der Waals surface area contributed by atoms with Gasteiger partial charge in [-0.2, -0.15) is 0 Å². The van der Waals surface area contributed by atoms with Gasteiger partial charge in [0.15, 0.2) is 0 Å². The number of hydrogen-bond donors (Lipinski definition) is 0. The van der Waals surface area contributed by atoms with Crippen LogP contribution in [-0.2, 0) is 18.9 Å². The van der Waals surface area contributed by atoms with Gasteiger partial charge in [-0.3, -0.25) is 0 Å². The molecule has 0 saturated heterocycles. The number of esters is 4. The zero-order valence-corrected chi connectivity index (χ0v) is 27.7. The molecular weight excluding hydrogens is 648 g/mol. The minimum Gasteiger partial charge on any atom is -0.496 e. The van der Waals surface area contributed by atoms with Gasteiger partial charge in [0.05, 0.1) is 27.6 Å². The first-order valence-corrected chi connectivity index (χ1v) is 15.2. The van der Waals surface area contributed by atoms with Crippen molar-refractivity contribution in [3.63, 3.8) is 0 Å². The summed E-state index contributed by atoms with van der Waals surface area (Å²) in [5, 5.41) is 0. The Morgan fingerprint density at radius 3 is 1.02 bits per heavy atom. The van der Waals surface area contributed by atoms with E-state index in [-0.39, 0.29) is 45.3 Å². The summed E-state index contributed by atoms with van der Waals surface area (Å²) in [6, 6.07) is 25.5. The second-order valence-electron chi connectivity index (χ2n) is 10.7. The topological polar surface area (TPSA) is 142 Å². The molecule has 0 radical (unpaired) electrons. The quantitative estimate of drug-likeness (QED) is 0.0737. The molecule has 0 aliphatic carbocycles. The Morgan fingerprint density at radius 2 is 0.740 bits per heavy atom. The highest BCUT2D eigenvalue weighted by molar-refractivity contribution is 5.94. The summed E-state index contributed by atoms with van der Waals surface area (Å²) in [7, 11) is 4.20. The molecule has 0 aliphatic heterocycles. The van der Waals surface area contributed by atoms with Gasteiger partial charge in [-0.05, 0) is 48.5 Å². The van der Waals surface area contributed by atoms with Crippen LogP contribution in [0.2, 0.25) is 0 Å². The molecule has 0 aromatic heterocycles. The molecule has 0 amide bonds. The lowest BCUT2D eigenvalue weighted by Gasteiger charge is -2.32. The van der Waals surface area contributed by atoms with E-state index in [9.17, 15) is 19.2 Å². The maximum absolute atomic E-state index is 13.4. The number of carbonyl (C=O) groups is 4. The molecule has 4 rings (SSSR count). The predicted octanol–water partition coefficient (Wildman–Crippen LogP) is 5.95. The van der Waals surface area contributed by atoms with Crippen LogP contribution in [0.1, 0.15) is 41.4 Å². The van der Waals surface area contributed by atoms with E-state index in [2.05, 4.69) is 6.58 Å². The van der Waals surface area contributed by atoms with Gasteiger partial charge in [-0.15, -0.1) is 0 Å². The van der Waals surface area contributed by atoms with Crippen LogP contribution in [0.15, 0.2) is 110 Å². The standard InChI is InChI=1S/C38H36O12/c1-5-46-33-21-13-9-17-29(33)37(42)50-25-38(22-47-34(39)26-14-6-10-18-30(26)43-2,23-48-35(40)27-15-7-11-19-31(27)44-3)24-49-36(41)28-16-8-12-20-32(28)45-4/h5-21H,1,22-25H2,2-4H3. The van der Waals surface area contributed by atoms with Crippen molar-refractivity contribution in [2.75, 3.05) is 47.8 Å². The zero-order valence-electron chi connectivity index (χ0n) is 27.7. The van der Waals surface area contributed by atoms with Crippen molar-refractivity contribution in [2.24, 2.45) is 5.41 Å². The van der Waals surface area contributed by atoms with Crippen LogP contribution in [0.3, 0.4) is 0 Å². The number of carbonyl (C=O) groups excluding carboxylic acids is 4. The van der Waals surface area contributed by atoms with Crippen LogP contribution in [-0.4, -0.2) is 71.6 Å². The third kappa shape index (κ3) is 9.19. The van der Waals surface area contributed by atoms with E-state index in [4.69, 9.17) is 37.9 Å². The second-order valence-corrected chi connectivity index (χ2v) is 10.7. The van der Waals surface area contributed by atoms with Gasteiger partial charge >= 0.3 is 23.9 Å². The van der Waals surface area contributed by atoms with Crippen molar-refractivity contribution < 1.29 is 57.1 Å². The van der Waals surface area contributed by atoms with Gasteiger partial charge in [0.25, 0.3) is 0 Å². The average molecular weight is 685 g/mol. The molecular formula is C38H36O12. The molecule has 4 aromatic rings. The van der Waals surface area contributed by atoms with Crippen LogP contribution >= 0.6 is 0 Å². The molecule has 0 atom stereocenters. The van der Waals surface area contributed by atoms with Crippen LogP contribution in [0.4, 0.5) is 0 Å². The van der Waals surface area contributed by atoms with Crippen molar-refractivity contribution >= 4 is 23.9 Å². The van der Waals surface area contributed by atoms with E-state index >= 15 is 0 Å². The smallest absolute Gasteiger partial charge is 0.341 e. The van der Waals surface area contributed by atoms with Gasteiger partial charge in [-0.25, -0.2) is 19.2 Å². The molecule has 0 spiro atoms. The Bertz CT molecular complexity index is 1660. The fraction of sp³-hybridized carbons (Fsp3) is 0.211. The Kier molecular flexibility index (Phi) is 13.0. The van der Waals surface area contributed by atoms with Gasteiger partial charge in [-0.1, -0.05) is 55.1 Å². The summed E-state index contributed by atoms with van der Waals surface area (Å²) in [6.45, 7) is 1.36. The third-order valence-electron chi connectivity index (χ3n) is 7.34. The summed E-state index contributed by atoms with van der Waals surface area (Å²) < 4.78 is 44.2. The van der Waals surface area contributed by atoms with Crippen molar-refractivity contribution in [2.45, 2.75) is 0 Å². The first kappa shape index (κ1) is 36.5. The van der Waals surface area contributed by atoms with Crippen LogP contribution in [0.5, 0.6) is 23.0 Å². The summed E-state index contributed by atoms with van der Waals surface area (Å²) in [4.78, 5) is 53.5. The predicted molar refractivity (Wildman–Crippen MR) is 180 cm³/mol. The second kappa shape index (κ2) is 17.7. The van der Waals surface area contributed by atoms with E-state index in [1.165, 1.54) is 45.6 Å². The molecule has 12 nitrogen and oxygen atoms in total. The van der Waals surface area contributed by atoms with Crippen LogP contribution in [0, 0.1) is 5.41 Å². The Hall–Kier alpha value is -6.30. The summed E-state index contributed by atoms with van der Waals surface area (Å²) in [5.74, 6) is -2.29. The highest BCUT2D eigenvalue weighted by Gasteiger charge is 2.39. The highest BCUT2D eigenvalue weighted by Crippen LogP contribution is 2.28. The monoisotopic (exact) mass is 684 g/mol. The molecule has 0 heterocycles. The molecule has 0 N–H and O–H groups in total. The summed E-state index contributed by atoms with van der Waals surface area (Å²) >= 11 is 0. The minimum absolute atomic E-state index is 0.0596. The van der Waals surface area contributed by atoms with Crippen LogP contribution in [0.25, 0.3) is 0 Å². The van der Waals surface area contributed by atoms with Crippen molar-refractivity contribution in [3.05, 3.63) is 132 Å². The normalized spacial score (nSPS) is 10.6. The Morgan fingerprint density at radius 1 is 0.480 bits per heavy atom. The number of hydrogen-bond acceptors (Lipinski definition) is 12. The van der Waals surface area contributed by atoms with E-state index < -0.39 is 55.7 Å². The number of benzene rings is 4. The molecule has 12 heteroatoms. The molecule has 0 bridgehead atoms. The Labute approximate surface area is 289 Å². The maximum Gasteiger partial charge on any atom is 0.341 e. The van der Waals surface area contributed by atoms with Gasteiger partial charge in [0.2, 0.25) is 0 Å². The molecule has 0 aliphatic rings. The number of methoxy groups -OCH3 is 3. The number of ether oxygens (including phenoxy) is 8. The van der Waals surface area contributed by atoms with E-state index in [1.54, 1.807) is 72.8 Å². The summed E-state index contributed by atoms with van der Waals surface area (Å²) in [6.07, 6.45) is 1.16. The van der Waals surface area contributed by atoms with E-state index in [0.29, 0.717) is 0 Å². The largest absolute Gasteiger partial charge is 0.496 e. The van der Waals surface area contributed by atoms with E-state index in [0.717, 1.165) is 6.26 Å². The molecule has 260 valence electrons. The lowest BCUT2D eigenvalue weighted by Crippen LogP contribution is -2.44. The highest BCUT2D eigenvalue weighted by atomic mass is 16.6. The zero-order chi connectivity index (χ0) is 35.9. The third-order valence-corrected chi connectivity index (χ3v) is 7.34. The SMILES string of the molecule is C=COc1ccccc1C(=O)OCC(COC(=O)c1ccccc1OC)(COC(=O)c1ccccc1OC)COC(=O)c1ccccc1OC. The summed E-state index contributed by atoms with van der Waals surface area (Å²) in [5.41, 5.74) is -1.27. The van der Waals surface area contributed by atoms with Gasteiger partial charge in [0, 0.05) is 0 Å². The molecule has 0 unspecified atom stereocenters. The lowest BCUT2D eigenvalue weighted by atomic mass is 9.92. The van der Waals surface area contributed by atoms with E-state index in [1.807, 2.05) is 0 Å². The molecule has 0 saturated carbocycles. The molecule has 4 aromatic carbocycles. The number of rotatable bonds is 17. The minimum atomic E-state index is -1.64. The Balaban J connectivity index is 1.70. The first-order chi connectivity index (χ1) is 24.3. The van der Waals surface area contributed by atoms with Gasteiger partial charge < -0.3 is 37.9 Å². The van der Waals surface area contributed by atoms with Crippen molar-refractivity contribution in [3.8, 4) is 23.0 Å². The molecule has 50 heavy (non-hydrogen) atoms. The van der Waals surface area contributed by atoms with Crippen molar-refractivity contribution in [1.29, 1.82) is 0 Å². The fourth-order valence-electron chi connectivity index (χ4n) is 4.70. The molecule has 0 fully saturated rings. The van der Waals surface area contributed by atoms with Gasteiger partial charge in [0.1, 0.15) is 77.1 Å². The maximum atomic E-state index is 13.4. The first-order valence-electron chi connectivity index (χ1n) is 15.2. The fourth-order valence-corrected chi connectivity index (χ4v) is 4.70. The number of para-hydroxylation sites is 4.